The van der Waals surface area contributed by atoms with Crippen molar-refractivity contribution in [3.05, 3.63) is 75.4 Å². The Morgan fingerprint density at radius 3 is 1.69 bits per heavy atom. The Hall–Kier alpha value is -4.97. The van der Waals surface area contributed by atoms with Crippen LogP contribution in [0.5, 0.6) is 0 Å². The first-order valence-corrected chi connectivity index (χ1v) is 15.4. The number of aromatic nitrogens is 4. The monoisotopic (exact) mass is 662 g/mol. The first-order chi connectivity index (χ1) is 22.7. The van der Waals surface area contributed by atoms with Crippen molar-refractivity contribution in [1.82, 2.24) is 19.9 Å². The number of aryl methyl sites for hydroxylation is 2. The molecule has 3 aromatic rings. The summed E-state index contributed by atoms with van der Waals surface area (Å²) in [6.45, 7) is 8.71. The normalized spacial score (nSPS) is 13.6. The number of esters is 2. The minimum absolute atomic E-state index is 0.0568. The molecule has 2 aliphatic rings. The molecule has 3 N–H and O–H groups in total. The largest absolute Gasteiger partial charge is 0.469 e. The molecule has 0 aromatic carbocycles. The van der Waals surface area contributed by atoms with Gasteiger partial charge in [0.25, 0.3) is 0 Å². The van der Waals surface area contributed by atoms with Gasteiger partial charge in [-0.05, 0) is 105 Å². The lowest BCUT2D eigenvalue weighted by molar-refractivity contribution is -0.141. The van der Waals surface area contributed by atoms with Gasteiger partial charge in [0.2, 0.25) is 0 Å². The molecule has 5 heterocycles. The molecular weight excluding hydrogens is 625 g/mol. The van der Waals surface area contributed by atoms with Crippen LogP contribution in [0.3, 0.4) is 0 Å². The number of aromatic amines is 2. The zero-order valence-corrected chi connectivity index (χ0v) is 27.8. The molecule has 252 valence electrons. The van der Waals surface area contributed by atoms with Gasteiger partial charge in [0.05, 0.1) is 48.6 Å². The van der Waals surface area contributed by atoms with Crippen molar-refractivity contribution in [2.24, 2.45) is 0 Å². The second-order valence-electron chi connectivity index (χ2n) is 11.9. The predicted molar refractivity (Wildman–Crippen MR) is 179 cm³/mol. The zero-order valence-electron chi connectivity index (χ0n) is 27.8. The molecule has 1 unspecified atom stereocenters. The number of nitrogens with zero attached hydrogens (tertiary/aromatic N) is 2. The quantitative estimate of drug-likeness (QED) is 0.207. The lowest BCUT2D eigenvalue weighted by Gasteiger charge is -2.06. The number of H-pyrrole nitrogens is 2. The first-order valence-electron chi connectivity index (χ1n) is 15.4. The highest BCUT2D eigenvalue weighted by Gasteiger charge is 2.24. The van der Waals surface area contributed by atoms with Gasteiger partial charge in [-0.1, -0.05) is 0 Å². The van der Waals surface area contributed by atoms with E-state index in [0.29, 0.717) is 62.5 Å². The Morgan fingerprint density at radius 1 is 0.729 bits per heavy atom. The van der Waals surface area contributed by atoms with Crippen LogP contribution in [0.1, 0.15) is 97.6 Å². The Kier molecular flexibility index (Phi) is 9.76. The van der Waals surface area contributed by atoms with E-state index >= 15 is 4.39 Å². The third-order valence-electron chi connectivity index (χ3n) is 9.00. The fourth-order valence-corrected chi connectivity index (χ4v) is 6.33. The minimum atomic E-state index is -2.46. The number of aliphatic hydroxyl groups is 1. The van der Waals surface area contributed by atoms with Crippen molar-refractivity contribution in [2.45, 2.75) is 66.4 Å². The van der Waals surface area contributed by atoms with Gasteiger partial charge in [-0.15, -0.1) is 0 Å². The van der Waals surface area contributed by atoms with E-state index in [4.69, 9.17) is 19.4 Å². The van der Waals surface area contributed by atoms with Gasteiger partial charge in [-0.3, -0.25) is 9.59 Å². The van der Waals surface area contributed by atoms with Crippen molar-refractivity contribution >= 4 is 62.1 Å². The molecule has 8 bridgehead atoms. The smallest absolute Gasteiger partial charge is 0.306 e. The maximum Gasteiger partial charge on any atom is 0.306 e. The van der Waals surface area contributed by atoms with E-state index in [-0.39, 0.29) is 41.9 Å². The third kappa shape index (κ3) is 6.44. The summed E-state index contributed by atoms with van der Waals surface area (Å²) in [6, 6.07) is 6.78. The van der Waals surface area contributed by atoms with Crippen LogP contribution in [0.2, 0.25) is 0 Å². The molecule has 9 nitrogen and oxygen atoms in total. The summed E-state index contributed by atoms with van der Waals surface area (Å²) in [7, 11) is 2.62. The van der Waals surface area contributed by atoms with Crippen LogP contribution < -0.4 is 0 Å². The van der Waals surface area contributed by atoms with Crippen molar-refractivity contribution in [3.63, 3.8) is 0 Å². The Balaban J connectivity index is 1.95. The summed E-state index contributed by atoms with van der Waals surface area (Å²) in [5.74, 6) is -2.47. The number of allylic oxidation sites excluding steroid dienone is 4. The van der Waals surface area contributed by atoms with E-state index in [0.717, 1.165) is 16.7 Å². The van der Waals surface area contributed by atoms with Crippen LogP contribution in [0.25, 0.3) is 50.2 Å². The van der Waals surface area contributed by atoms with Gasteiger partial charge in [-0.2, -0.15) is 8.78 Å². The molecule has 2 aliphatic heterocycles. The standard InChI is InChI=1S/C36H37F3N4O5/c1-16-21(8-10-31(45)47-6)27-15-28-22(9-11-32(46)48-7)17(2)24(41-28)13-30-34(35(37)36(38)39)19(4)26(43-30)14-29-33(20(5)44)18(3)25(42-29)12-23(16)40-27/h12-15,20,42-44H,8-11H2,1-7H3. The number of hydrogen-bond acceptors (Lipinski definition) is 7. The number of carbonyl (C=O) groups excluding carboxylic acids is 2. The summed E-state index contributed by atoms with van der Waals surface area (Å²) in [5, 5.41) is 10.8. The number of ether oxygens (including phenoxy) is 2. The maximum atomic E-state index is 15.2. The number of aliphatic hydroxyl groups excluding tert-OH is 1. The van der Waals surface area contributed by atoms with E-state index in [9.17, 15) is 23.5 Å². The predicted octanol–water partition coefficient (Wildman–Crippen LogP) is 8.29. The van der Waals surface area contributed by atoms with Gasteiger partial charge < -0.3 is 24.5 Å². The summed E-state index contributed by atoms with van der Waals surface area (Å²) in [5.41, 5.74) is 7.85. The molecule has 3 aromatic heterocycles. The fraction of sp³-hybridized carbons (Fsp3) is 0.333. The number of nitrogens with one attached hydrogen (secondary N) is 2. The van der Waals surface area contributed by atoms with Crippen LogP contribution in [0, 0.1) is 13.8 Å². The lowest BCUT2D eigenvalue weighted by Crippen LogP contribution is -2.01. The molecule has 0 saturated heterocycles. The topological polar surface area (TPSA) is 130 Å². The lowest BCUT2D eigenvalue weighted by atomic mass is 9.98. The van der Waals surface area contributed by atoms with Gasteiger partial charge in [0.15, 0.2) is 5.83 Å². The summed E-state index contributed by atoms with van der Waals surface area (Å²) >= 11 is 0. The van der Waals surface area contributed by atoms with Crippen LogP contribution in [0.15, 0.2) is 30.3 Å². The van der Waals surface area contributed by atoms with E-state index in [2.05, 4.69) is 9.97 Å². The second-order valence-corrected chi connectivity index (χ2v) is 11.9. The molecule has 0 amide bonds. The minimum Gasteiger partial charge on any atom is -0.469 e. The Bertz CT molecular complexity index is 2100. The van der Waals surface area contributed by atoms with Crippen molar-refractivity contribution < 1.29 is 37.3 Å². The molecule has 0 fully saturated rings. The van der Waals surface area contributed by atoms with Gasteiger partial charge in [0, 0.05) is 40.5 Å². The number of rotatable bonds is 8. The highest BCUT2D eigenvalue weighted by Crippen LogP contribution is 2.39. The van der Waals surface area contributed by atoms with Crippen molar-refractivity contribution in [1.29, 1.82) is 0 Å². The van der Waals surface area contributed by atoms with Gasteiger partial charge in [0.1, 0.15) is 0 Å². The summed E-state index contributed by atoms with van der Waals surface area (Å²) in [4.78, 5) is 40.5. The fourth-order valence-electron chi connectivity index (χ4n) is 6.33. The van der Waals surface area contributed by atoms with Crippen LogP contribution in [-0.4, -0.2) is 51.2 Å². The molecule has 0 radical (unpaired) electrons. The maximum absolute atomic E-state index is 15.2. The molecular formula is C36H37F3N4O5. The van der Waals surface area contributed by atoms with Crippen LogP contribution in [0.4, 0.5) is 13.2 Å². The Morgan fingerprint density at radius 2 is 1.21 bits per heavy atom. The summed E-state index contributed by atoms with van der Waals surface area (Å²) in [6.07, 6.45) is -2.61. The number of hydrogen-bond donors (Lipinski definition) is 3. The average Bonchev–Trinajstić information content (AvgIpc) is 3.71. The third-order valence-corrected chi connectivity index (χ3v) is 9.00. The molecule has 12 heteroatoms. The molecule has 0 spiro atoms. The van der Waals surface area contributed by atoms with Gasteiger partial charge >= 0.3 is 18.0 Å². The van der Waals surface area contributed by atoms with Crippen molar-refractivity contribution in [2.75, 3.05) is 14.2 Å². The Labute approximate surface area is 275 Å². The number of methoxy groups -OCH3 is 2. The first kappa shape index (κ1) is 34.4. The van der Waals surface area contributed by atoms with E-state index in [1.807, 2.05) is 19.9 Å². The van der Waals surface area contributed by atoms with Crippen molar-refractivity contribution in [3.8, 4) is 0 Å². The average molecular weight is 663 g/mol. The molecule has 0 saturated carbocycles. The van der Waals surface area contributed by atoms with E-state index in [1.54, 1.807) is 26.0 Å². The second kappa shape index (κ2) is 13.6. The molecule has 1 atom stereocenters. The van der Waals surface area contributed by atoms with E-state index in [1.165, 1.54) is 27.2 Å². The number of halogens is 3. The molecule has 48 heavy (non-hydrogen) atoms. The van der Waals surface area contributed by atoms with Crippen LogP contribution >= 0.6 is 0 Å². The van der Waals surface area contributed by atoms with Gasteiger partial charge in [-0.25, -0.2) is 14.4 Å². The summed E-state index contributed by atoms with van der Waals surface area (Å²) < 4.78 is 52.5. The SMILES string of the molecule is COC(=O)CCC1=C(C)c2cc3[nH]c(cc4[nH]c(cc5nc(cc1n2)C(CCC(=O)OC)=C5C)c(C(F)=C(F)F)c4C)c(C(C)O)c3C. The molecule has 0 aliphatic carbocycles. The number of carbonyl (C=O) groups is 2. The van der Waals surface area contributed by atoms with Crippen LogP contribution in [-0.2, 0) is 19.1 Å². The highest BCUT2D eigenvalue weighted by atomic mass is 19.3. The highest BCUT2D eigenvalue weighted by molar-refractivity contribution is 5.97. The van der Waals surface area contributed by atoms with E-state index < -0.39 is 24.0 Å². The number of fused-ring (bicyclic) bond motifs is 8. The zero-order chi connectivity index (χ0) is 35.0. The molecule has 5 rings (SSSR count).